The van der Waals surface area contributed by atoms with Crippen molar-refractivity contribution in [3.05, 3.63) is 29.0 Å². The Hall–Kier alpha value is -2.42. The molecule has 1 saturated heterocycles. The van der Waals surface area contributed by atoms with Crippen LogP contribution < -0.4 is 5.73 Å². The largest absolute Gasteiger partial charge is 0.382 e. The van der Waals surface area contributed by atoms with Crippen molar-refractivity contribution in [2.75, 3.05) is 52.6 Å². The van der Waals surface area contributed by atoms with Crippen LogP contribution in [0.15, 0.2) is 18.2 Å². The van der Waals surface area contributed by atoms with E-state index in [1.54, 1.807) is 0 Å². The maximum Gasteiger partial charge on any atom is 0.222 e. The number of nitrogens with zero attached hydrogens (tertiary/aromatic N) is 6. The fourth-order valence-electron chi connectivity index (χ4n) is 4.25. The highest BCUT2D eigenvalue weighted by atomic mass is 35.5. The highest BCUT2D eigenvalue weighted by Crippen LogP contribution is 2.31. The molecule has 3 heterocycles. The summed E-state index contributed by atoms with van der Waals surface area (Å²) in [6.45, 7) is 7.92. The van der Waals surface area contributed by atoms with Gasteiger partial charge in [0.05, 0.1) is 17.6 Å². The molecular weight excluding hydrogens is 426 g/mol. The number of nitrogen functional groups attached to an aromatic ring is 1. The molecule has 1 aromatic carbocycles. The van der Waals surface area contributed by atoms with E-state index < -0.39 is 0 Å². The van der Waals surface area contributed by atoms with Gasteiger partial charge in [-0.3, -0.25) is 9.69 Å². The van der Waals surface area contributed by atoms with Crippen LogP contribution in [0.3, 0.4) is 0 Å². The summed E-state index contributed by atoms with van der Waals surface area (Å²) in [6, 6.07) is 5.68. The third-order valence-electron chi connectivity index (χ3n) is 6.32. The lowest BCUT2D eigenvalue weighted by Gasteiger charge is -2.32. The number of aryl methyl sites for hydroxylation is 1. The van der Waals surface area contributed by atoms with Gasteiger partial charge in [0.1, 0.15) is 11.3 Å². The molecular formula is C23H32ClN7O. The zero-order chi connectivity index (χ0) is 22.8. The molecule has 1 fully saturated rings. The fourth-order valence-corrected chi connectivity index (χ4v) is 4.41. The van der Waals surface area contributed by atoms with Gasteiger partial charge < -0.3 is 20.1 Å². The lowest BCUT2D eigenvalue weighted by molar-refractivity contribution is -0.132. The van der Waals surface area contributed by atoms with Gasteiger partial charge in [0.15, 0.2) is 5.82 Å². The highest BCUT2D eigenvalue weighted by Gasteiger charge is 2.21. The molecule has 32 heavy (non-hydrogen) atoms. The number of benzene rings is 1. The first-order valence-corrected chi connectivity index (χ1v) is 11.6. The van der Waals surface area contributed by atoms with E-state index in [4.69, 9.17) is 22.3 Å². The number of carbonyl (C=O) groups is 1. The summed E-state index contributed by atoms with van der Waals surface area (Å²) in [5, 5.41) is 1.60. The van der Waals surface area contributed by atoms with Gasteiger partial charge >= 0.3 is 0 Å². The van der Waals surface area contributed by atoms with Crippen LogP contribution in [0.5, 0.6) is 0 Å². The lowest BCUT2D eigenvalue weighted by Crippen LogP contribution is -2.47. The topological polar surface area (TPSA) is 83.5 Å². The van der Waals surface area contributed by atoms with E-state index in [2.05, 4.69) is 40.4 Å². The molecule has 1 aliphatic rings. The van der Waals surface area contributed by atoms with Crippen LogP contribution in [0.4, 0.5) is 5.82 Å². The molecule has 1 aliphatic heterocycles. The van der Waals surface area contributed by atoms with Gasteiger partial charge in [-0.15, -0.1) is 0 Å². The Kier molecular flexibility index (Phi) is 6.83. The van der Waals surface area contributed by atoms with Crippen LogP contribution in [-0.2, 0) is 17.9 Å². The van der Waals surface area contributed by atoms with Crippen molar-refractivity contribution in [2.45, 2.75) is 32.9 Å². The maximum atomic E-state index is 12.7. The maximum absolute atomic E-state index is 12.7. The van der Waals surface area contributed by atoms with Crippen molar-refractivity contribution in [1.82, 2.24) is 29.2 Å². The van der Waals surface area contributed by atoms with Crippen LogP contribution in [-0.4, -0.2) is 82.0 Å². The normalized spacial score (nSPS) is 15.3. The smallest absolute Gasteiger partial charge is 0.222 e. The first-order valence-electron chi connectivity index (χ1n) is 11.3. The molecule has 2 aromatic heterocycles. The molecule has 2 N–H and O–H groups in total. The highest BCUT2D eigenvalue weighted by molar-refractivity contribution is 6.31. The molecule has 0 saturated carbocycles. The Morgan fingerprint density at radius 1 is 1.22 bits per heavy atom. The van der Waals surface area contributed by atoms with Crippen molar-refractivity contribution >= 4 is 45.3 Å². The summed E-state index contributed by atoms with van der Waals surface area (Å²) in [7, 11) is 4.17. The minimum Gasteiger partial charge on any atom is -0.382 e. The number of carbonyl (C=O) groups excluding carboxylic acids is 1. The number of halogens is 1. The summed E-state index contributed by atoms with van der Waals surface area (Å²) in [5.41, 5.74) is 8.73. The zero-order valence-corrected chi connectivity index (χ0v) is 19.9. The van der Waals surface area contributed by atoms with Crippen molar-refractivity contribution in [3.8, 4) is 0 Å². The van der Waals surface area contributed by atoms with Crippen molar-refractivity contribution < 1.29 is 4.79 Å². The van der Waals surface area contributed by atoms with Crippen molar-refractivity contribution in [1.29, 1.82) is 0 Å². The van der Waals surface area contributed by atoms with Gasteiger partial charge in [0.25, 0.3) is 0 Å². The van der Waals surface area contributed by atoms with Crippen LogP contribution >= 0.6 is 11.6 Å². The first-order chi connectivity index (χ1) is 15.4. The minimum absolute atomic E-state index is 0.229. The molecule has 0 aliphatic carbocycles. The quantitative estimate of drug-likeness (QED) is 0.587. The number of piperazine rings is 1. The molecule has 9 heteroatoms. The number of aromatic nitrogens is 3. The molecule has 172 valence electrons. The number of hydrogen-bond acceptors (Lipinski definition) is 6. The number of likely N-dealkylation sites (N-methyl/N-ethyl adjacent to an activating group) is 1. The molecule has 8 nitrogen and oxygen atoms in total. The van der Waals surface area contributed by atoms with E-state index in [9.17, 15) is 4.79 Å². The summed E-state index contributed by atoms with van der Waals surface area (Å²) in [4.78, 5) is 28.6. The second kappa shape index (κ2) is 9.60. The molecule has 3 aromatic rings. The Morgan fingerprint density at radius 3 is 2.69 bits per heavy atom. The zero-order valence-electron chi connectivity index (χ0n) is 19.1. The third-order valence-corrected chi connectivity index (χ3v) is 6.56. The number of amides is 1. The molecule has 1 amide bonds. The van der Waals surface area contributed by atoms with E-state index in [1.807, 2.05) is 23.1 Å². The number of nitrogens with two attached hydrogens (primary N) is 1. The van der Waals surface area contributed by atoms with Crippen LogP contribution in [0.2, 0.25) is 5.02 Å². The summed E-state index contributed by atoms with van der Waals surface area (Å²) < 4.78 is 2.22. The van der Waals surface area contributed by atoms with Gasteiger partial charge in [-0.05, 0) is 45.3 Å². The van der Waals surface area contributed by atoms with E-state index in [-0.39, 0.29) is 5.91 Å². The second-order valence-corrected chi connectivity index (χ2v) is 9.09. The number of anilines is 1. The van der Waals surface area contributed by atoms with E-state index >= 15 is 0 Å². The SMILES string of the molecule is CCN(C)Cc1nc2c(N)nc3cc(Cl)ccc3c2n1CCCC(=O)N1CCN(C)CC1. The van der Waals surface area contributed by atoms with Gasteiger partial charge in [-0.25, -0.2) is 9.97 Å². The Labute approximate surface area is 193 Å². The standard InChI is InChI=1S/C23H32ClN7O/c1-4-28(2)15-19-27-21-22(17-8-7-16(24)14-18(17)26-23(21)25)31(19)9-5-6-20(32)30-12-10-29(3)11-13-30/h7-8,14H,4-6,9-13,15H2,1-3H3,(H2,25,26). The van der Waals surface area contributed by atoms with Gasteiger partial charge in [0, 0.05) is 49.6 Å². The molecule has 0 atom stereocenters. The third kappa shape index (κ3) is 4.67. The predicted octanol–water partition coefficient (Wildman–Crippen LogP) is 2.83. The average molecular weight is 458 g/mol. The summed E-state index contributed by atoms with van der Waals surface area (Å²) >= 11 is 6.20. The number of rotatable bonds is 7. The molecule has 0 radical (unpaired) electrons. The lowest BCUT2D eigenvalue weighted by atomic mass is 10.1. The van der Waals surface area contributed by atoms with Gasteiger partial charge in [-0.1, -0.05) is 18.5 Å². The van der Waals surface area contributed by atoms with E-state index in [1.165, 1.54) is 0 Å². The minimum atomic E-state index is 0.229. The Bertz CT molecular complexity index is 1120. The summed E-state index contributed by atoms with van der Waals surface area (Å²) in [5.74, 6) is 1.57. The second-order valence-electron chi connectivity index (χ2n) is 8.65. The van der Waals surface area contributed by atoms with Crippen molar-refractivity contribution in [3.63, 3.8) is 0 Å². The number of pyridine rings is 1. The van der Waals surface area contributed by atoms with E-state index in [0.717, 1.165) is 61.4 Å². The molecule has 0 unspecified atom stereocenters. The van der Waals surface area contributed by atoms with E-state index in [0.29, 0.717) is 35.9 Å². The summed E-state index contributed by atoms with van der Waals surface area (Å²) in [6.07, 6.45) is 1.27. The molecule has 0 bridgehead atoms. The fraction of sp³-hybridized carbons (Fsp3) is 0.522. The predicted molar refractivity (Wildman–Crippen MR) is 130 cm³/mol. The van der Waals surface area contributed by atoms with Crippen LogP contribution in [0.25, 0.3) is 21.9 Å². The molecule has 4 rings (SSSR count). The first kappa shape index (κ1) is 22.8. The van der Waals surface area contributed by atoms with Crippen LogP contribution in [0.1, 0.15) is 25.6 Å². The number of fused-ring (bicyclic) bond motifs is 3. The molecule has 0 spiro atoms. The average Bonchev–Trinajstić information content (AvgIpc) is 3.12. The number of hydrogen-bond donors (Lipinski definition) is 1. The van der Waals surface area contributed by atoms with Gasteiger partial charge in [-0.2, -0.15) is 0 Å². The van der Waals surface area contributed by atoms with Gasteiger partial charge in [0.2, 0.25) is 5.91 Å². The monoisotopic (exact) mass is 457 g/mol. The van der Waals surface area contributed by atoms with Crippen LogP contribution in [0, 0.1) is 0 Å². The number of imidazole rings is 1. The van der Waals surface area contributed by atoms with Crippen molar-refractivity contribution in [2.24, 2.45) is 0 Å². The Balaban J connectivity index is 1.64. The Morgan fingerprint density at radius 2 is 1.97 bits per heavy atom.